The molecule has 138 valence electrons. The molecule has 2 saturated heterocycles. The fourth-order valence-electron chi connectivity index (χ4n) is 7.00. The lowest BCUT2D eigenvalue weighted by molar-refractivity contribution is -0.266. The molecule has 0 amide bonds. The molecule has 2 spiro atoms. The summed E-state index contributed by atoms with van der Waals surface area (Å²) in [6.07, 6.45) is 6.78. The second-order valence-corrected chi connectivity index (χ2v) is 9.64. The Bertz CT molecular complexity index is 502. The van der Waals surface area contributed by atoms with Crippen molar-refractivity contribution in [2.45, 2.75) is 83.0 Å². The van der Waals surface area contributed by atoms with E-state index in [1.807, 2.05) is 0 Å². The van der Waals surface area contributed by atoms with E-state index >= 15 is 0 Å². The Balaban J connectivity index is 1.74. The molecule has 2 N–H and O–H groups in total. The highest BCUT2D eigenvalue weighted by molar-refractivity contribution is 5.17. The van der Waals surface area contributed by atoms with Crippen molar-refractivity contribution in [3.05, 3.63) is 0 Å². The Labute approximate surface area is 145 Å². The van der Waals surface area contributed by atoms with E-state index in [9.17, 15) is 10.2 Å². The lowest BCUT2D eigenvalue weighted by Gasteiger charge is -2.65. The van der Waals surface area contributed by atoms with E-state index in [1.54, 1.807) is 0 Å². The summed E-state index contributed by atoms with van der Waals surface area (Å²) in [6, 6.07) is 0. The molecule has 0 aromatic rings. The normalized spacial score (nSPS) is 57.6. The second kappa shape index (κ2) is 5.42. The minimum Gasteiger partial charge on any atom is -0.396 e. The van der Waals surface area contributed by atoms with E-state index in [-0.39, 0.29) is 23.2 Å². The van der Waals surface area contributed by atoms with Crippen LogP contribution >= 0.6 is 0 Å². The van der Waals surface area contributed by atoms with Gasteiger partial charge in [0.15, 0.2) is 0 Å². The number of hydrogen-bond donors (Lipinski definition) is 2. The van der Waals surface area contributed by atoms with Crippen LogP contribution in [0.3, 0.4) is 0 Å². The van der Waals surface area contributed by atoms with E-state index in [1.165, 1.54) is 0 Å². The van der Waals surface area contributed by atoms with E-state index in [4.69, 9.17) is 9.47 Å². The van der Waals surface area contributed by atoms with Crippen molar-refractivity contribution in [1.82, 2.24) is 0 Å². The van der Waals surface area contributed by atoms with Crippen LogP contribution in [-0.4, -0.2) is 47.3 Å². The van der Waals surface area contributed by atoms with Crippen molar-refractivity contribution in [3.8, 4) is 0 Å². The van der Waals surface area contributed by atoms with Gasteiger partial charge in [-0.15, -0.1) is 0 Å². The minimum atomic E-state index is -0.411. The first-order valence-electron chi connectivity index (χ1n) is 9.89. The van der Waals surface area contributed by atoms with Gasteiger partial charge in [0.25, 0.3) is 0 Å². The maximum absolute atomic E-state index is 10.7. The van der Waals surface area contributed by atoms with Crippen LogP contribution in [0.1, 0.15) is 65.7 Å². The molecule has 0 aromatic heterocycles. The van der Waals surface area contributed by atoms with Gasteiger partial charge < -0.3 is 19.7 Å². The molecule has 4 aliphatic rings. The smallest absolute Gasteiger partial charge is 0.0945 e. The molecule has 4 fully saturated rings. The standard InChI is InChI=1S/C20H34O4/c1-14-4-5-15-17(2,12-21)16(22)6-7-18(15,3)20(14)9-8-19(24-20)10-11-23-13-19/h14-16,21-22H,4-13H2,1-3H3/t14-,15-,16+,17-,18-,19+,20+/m0/s1. The predicted molar refractivity (Wildman–Crippen MR) is 91.6 cm³/mol. The van der Waals surface area contributed by atoms with Crippen molar-refractivity contribution >= 4 is 0 Å². The Hall–Kier alpha value is -0.160. The largest absolute Gasteiger partial charge is 0.396 e. The zero-order valence-electron chi connectivity index (χ0n) is 15.5. The van der Waals surface area contributed by atoms with Crippen LogP contribution in [0, 0.1) is 22.7 Å². The number of rotatable bonds is 1. The maximum atomic E-state index is 10.7. The summed E-state index contributed by atoms with van der Waals surface area (Å²) in [4.78, 5) is 0. The highest BCUT2D eigenvalue weighted by Gasteiger charge is 2.69. The van der Waals surface area contributed by atoms with E-state index < -0.39 is 11.5 Å². The van der Waals surface area contributed by atoms with Crippen LogP contribution in [0.15, 0.2) is 0 Å². The van der Waals surface area contributed by atoms with E-state index in [0.717, 1.165) is 58.2 Å². The van der Waals surface area contributed by atoms with Crippen molar-refractivity contribution < 1.29 is 19.7 Å². The van der Waals surface area contributed by atoms with Crippen LogP contribution < -0.4 is 0 Å². The summed E-state index contributed by atoms with van der Waals surface area (Å²) < 4.78 is 12.7. The summed E-state index contributed by atoms with van der Waals surface area (Å²) >= 11 is 0. The quantitative estimate of drug-likeness (QED) is 0.772. The molecule has 2 aliphatic carbocycles. The lowest BCUT2D eigenvalue weighted by atomic mass is 9.43. The monoisotopic (exact) mass is 338 g/mol. The third-order valence-corrected chi connectivity index (χ3v) is 8.67. The van der Waals surface area contributed by atoms with Crippen LogP contribution in [0.2, 0.25) is 0 Å². The Morgan fingerprint density at radius 2 is 1.83 bits per heavy atom. The van der Waals surface area contributed by atoms with Gasteiger partial charge in [-0.1, -0.05) is 20.8 Å². The van der Waals surface area contributed by atoms with Gasteiger partial charge in [-0.3, -0.25) is 0 Å². The highest BCUT2D eigenvalue weighted by atomic mass is 16.6. The van der Waals surface area contributed by atoms with Crippen LogP contribution in [0.25, 0.3) is 0 Å². The van der Waals surface area contributed by atoms with Gasteiger partial charge in [-0.2, -0.15) is 0 Å². The third-order valence-electron chi connectivity index (χ3n) is 8.67. The van der Waals surface area contributed by atoms with E-state index in [0.29, 0.717) is 11.8 Å². The summed E-state index contributed by atoms with van der Waals surface area (Å²) in [6.45, 7) is 8.46. The first kappa shape index (κ1) is 17.3. The lowest BCUT2D eigenvalue weighted by Crippen LogP contribution is -2.66. The molecular formula is C20H34O4. The first-order valence-corrected chi connectivity index (χ1v) is 9.89. The highest BCUT2D eigenvalue weighted by Crippen LogP contribution is 2.68. The first-order chi connectivity index (χ1) is 11.3. The number of hydrogen-bond acceptors (Lipinski definition) is 4. The fraction of sp³-hybridized carbons (Fsp3) is 1.00. The van der Waals surface area contributed by atoms with Gasteiger partial charge in [-0.05, 0) is 50.4 Å². The molecule has 2 aliphatic heterocycles. The van der Waals surface area contributed by atoms with E-state index in [2.05, 4.69) is 20.8 Å². The molecule has 4 nitrogen and oxygen atoms in total. The van der Waals surface area contributed by atoms with Crippen molar-refractivity contribution in [3.63, 3.8) is 0 Å². The fourth-order valence-corrected chi connectivity index (χ4v) is 7.00. The summed E-state index contributed by atoms with van der Waals surface area (Å²) in [7, 11) is 0. The summed E-state index contributed by atoms with van der Waals surface area (Å²) in [5, 5.41) is 20.8. The third kappa shape index (κ3) is 2.00. The average molecular weight is 338 g/mol. The zero-order chi connectivity index (χ0) is 17.2. The molecule has 4 rings (SSSR count). The second-order valence-electron chi connectivity index (χ2n) is 9.64. The van der Waals surface area contributed by atoms with Crippen LogP contribution in [0.4, 0.5) is 0 Å². The molecule has 7 atom stereocenters. The van der Waals surface area contributed by atoms with Crippen molar-refractivity contribution in [1.29, 1.82) is 0 Å². The van der Waals surface area contributed by atoms with Crippen LogP contribution in [0.5, 0.6) is 0 Å². The molecule has 0 bridgehead atoms. The Morgan fingerprint density at radius 1 is 1.04 bits per heavy atom. The van der Waals surface area contributed by atoms with Gasteiger partial charge in [0.05, 0.1) is 30.5 Å². The van der Waals surface area contributed by atoms with Gasteiger partial charge in [0, 0.05) is 23.9 Å². The molecular weight excluding hydrogens is 304 g/mol. The summed E-state index contributed by atoms with van der Waals surface area (Å²) in [5.41, 5.74) is -0.593. The maximum Gasteiger partial charge on any atom is 0.0945 e. The number of aliphatic hydroxyl groups excluding tert-OH is 2. The van der Waals surface area contributed by atoms with Gasteiger partial charge >= 0.3 is 0 Å². The Kier molecular flexibility index (Phi) is 3.90. The molecule has 0 aromatic carbocycles. The molecule has 2 heterocycles. The molecule has 0 radical (unpaired) electrons. The van der Waals surface area contributed by atoms with Gasteiger partial charge in [0.1, 0.15) is 0 Å². The minimum absolute atomic E-state index is 0.0213. The topological polar surface area (TPSA) is 58.9 Å². The zero-order valence-corrected chi connectivity index (χ0v) is 15.5. The van der Waals surface area contributed by atoms with Crippen molar-refractivity contribution in [2.24, 2.45) is 22.7 Å². The molecule has 0 unspecified atom stereocenters. The van der Waals surface area contributed by atoms with Gasteiger partial charge in [0.2, 0.25) is 0 Å². The van der Waals surface area contributed by atoms with Crippen LogP contribution in [-0.2, 0) is 9.47 Å². The van der Waals surface area contributed by atoms with Gasteiger partial charge in [-0.25, -0.2) is 0 Å². The molecule has 2 saturated carbocycles. The average Bonchev–Trinajstić information content (AvgIpc) is 3.18. The molecule has 24 heavy (non-hydrogen) atoms. The number of fused-ring (bicyclic) bond motifs is 2. The SMILES string of the molecule is C[C@H]1CC[C@H]2[C@](C)(CO)[C@H](O)CC[C@]2(C)[C@@]12CC[C@]1(CCOC1)O2. The Morgan fingerprint density at radius 3 is 2.50 bits per heavy atom. The number of ether oxygens (including phenoxy) is 2. The predicted octanol–water partition coefficient (Wildman–Crippen LogP) is 2.90. The number of aliphatic hydroxyl groups is 2. The summed E-state index contributed by atoms with van der Waals surface area (Å²) in [5.74, 6) is 0.837. The molecule has 4 heteroatoms. The van der Waals surface area contributed by atoms with Crippen molar-refractivity contribution in [2.75, 3.05) is 19.8 Å².